The molecule has 0 aromatic heterocycles. The van der Waals surface area contributed by atoms with Gasteiger partial charge >= 0.3 is 0 Å². The molecule has 0 bridgehead atoms. The van der Waals surface area contributed by atoms with Gasteiger partial charge in [0.15, 0.2) is 0 Å². The first-order valence-electron chi connectivity index (χ1n) is 9.91. The number of nitro groups is 1. The Hall–Kier alpha value is -2.78. The van der Waals surface area contributed by atoms with Crippen LogP contribution in [-0.2, 0) is 16.4 Å². The van der Waals surface area contributed by atoms with Gasteiger partial charge in [-0.15, -0.1) is 0 Å². The van der Waals surface area contributed by atoms with E-state index in [2.05, 4.69) is 0 Å². The summed E-state index contributed by atoms with van der Waals surface area (Å²) in [6, 6.07) is 9.29. The van der Waals surface area contributed by atoms with Gasteiger partial charge in [0.25, 0.3) is 11.6 Å². The minimum atomic E-state index is -3.59. The van der Waals surface area contributed by atoms with Crippen molar-refractivity contribution in [3.8, 4) is 0 Å². The SMILES string of the molecule is CCN(CC)S(=O)(=O)c1ccc2c(c1)CCCN2C(=O)c1cccc([N+](=O)[O-])c1C. The number of hydrogen-bond acceptors (Lipinski definition) is 5. The normalized spacial score (nSPS) is 13.9. The van der Waals surface area contributed by atoms with Crippen LogP contribution in [0.3, 0.4) is 0 Å². The summed E-state index contributed by atoms with van der Waals surface area (Å²) in [5, 5.41) is 11.2. The van der Waals surface area contributed by atoms with E-state index in [0.717, 1.165) is 5.56 Å². The van der Waals surface area contributed by atoms with E-state index in [1.54, 1.807) is 43.9 Å². The quantitative estimate of drug-likeness (QED) is 0.514. The van der Waals surface area contributed by atoms with Crippen LogP contribution in [0.4, 0.5) is 11.4 Å². The number of carbonyl (C=O) groups is 1. The Balaban J connectivity index is 2.01. The molecular formula is C21H25N3O5S. The van der Waals surface area contributed by atoms with Gasteiger partial charge in [0.1, 0.15) is 0 Å². The summed E-state index contributed by atoms with van der Waals surface area (Å²) in [4.78, 5) is 25.7. The van der Waals surface area contributed by atoms with Crippen LogP contribution in [-0.4, -0.2) is 43.2 Å². The van der Waals surface area contributed by atoms with Crippen molar-refractivity contribution in [2.75, 3.05) is 24.5 Å². The zero-order valence-corrected chi connectivity index (χ0v) is 18.1. The van der Waals surface area contributed by atoms with Gasteiger partial charge in [-0.1, -0.05) is 19.9 Å². The molecule has 0 saturated carbocycles. The average Bonchev–Trinajstić information content (AvgIpc) is 2.73. The van der Waals surface area contributed by atoms with Gasteiger partial charge in [0, 0.05) is 42.5 Å². The van der Waals surface area contributed by atoms with Gasteiger partial charge in [-0.2, -0.15) is 4.31 Å². The highest BCUT2D eigenvalue weighted by atomic mass is 32.2. The number of hydrogen-bond donors (Lipinski definition) is 0. The van der Waals surface area contributed by atoms with Crippen LogP contribution in [0, 0.1) is 17.0 Å². The summed E-state index contributed by atoms with van der Waals surface area (Å²) in [7, 11) is -3.59. The zero-order chi connectivity index (χ0) is 22.1. The van der Waals surface area contributed by atoms with Crippen LogP contribution >= 0.6 is 0 Å². The Morgan fingerprint density at radius 3 is 2.53 bits per heavy atom. The van der Waals surface area contributed by atoms with Gasteiger partial charge < -0.3 is 4.90 Å². The number of nitrogens with zero attached hydrogens (tertiary/aromatic N) is 3. The van der Waals surface area contributed by atoms with Crippen molar-refractivity contribution in [2.24, 2.45) is 0 Å². The van der Waals surface area contributed by atoms with E-state index in [1.165, 1.54) is 22.5 Å². The molecule has 0 spiro atoms. The Morgan fingerprint density at radius 2 is 1.90 bits per heavy atom. The maximum Gasteiger partial charge on any atom is 0.273 e. The molecule has 0 saturated heterocycles. The minimum Gasteiger partial charge on any atom is -0.308 e. The third kappa shape index (κ3) is 3.82. The van der Waals surface area contributed by atoms with Crippen LogP contribution in [0.2, 0.25) is 0 Å². The van der Waals surface area contributed by atoms with Crippen LogP contribution < -0.4 is 4.90 Å². The number of sulfonamides is 1. The molecule has 2 aromatic rings. The minimum absolute atomic E-state index is 0.0984. The molecule has 1 amide bonds. The van der Waals surface area contributed by atoms with Crippen LogP contribution in [0.25, 0.3) is 0 Å². The van der Waals surface area contributed by atoms with E-state index in [0.29, 0.717) is 43.7 Å². The van der Waals surface area contributed by atoms with Crippen molar-refractivity contribution >= 4 is 27.3 Å². The number of benzene rings is 2. The number of fused-ring (bicyclic) bond motifs is 1. The molecule has 0 atom stereocenters. The summed E-state index contributed by atoms with van der Waals surface area (Å²) >= 11 is 0. The largest absolute Gasteiger partial charge is 0.308 e. The Kier molecular flexibility index (Phi) is 6.23. The van der Waals surface area contributed by atoms with Crippen molar-refractivity contribution < 1.29 is 18.1 Å². The third-order valence-corrected chi connectivity index (χ3v) is 7.54. The molecule has 0 radical (unpaired) electrons. The Morgan fingerprint density at radius 1 is 1.20 bits per heavy atom. The predicted octanol–water partition coefficient (Wildman–Crippen LogP) is 3.53. The fraction of sp³-hybridized carbons (Fsp3) is 0.381. The van der Waals surface area contributed by atoms with E-state index in [1.807, 2.05) is 0 Å². The number of anilines is 1. The van der Waals surface area contributed by atoms with Gasteiger partial charge in [0.05, 0.1) is 9.82 Å². The van der Waals surface area contributed by atoms with Crippen molar-refractivity contribution in [1.82, 2.24) is 4.31 Å². The highest BCUT2D eigenvalue weighted by Gasteiger charge is 2.29. The molecule has 1 aliphatic heterocycles. The van der Waals surface area contributed by atoms with Crippen LogP contribution in [0.5, 0.6) is 0 Å². The summed E-state index contributed by atoms with van der Waals surface area (Å²) in [6.07, 6.45) is 1.34. The molecule has 0 N–H and O–H groups in total. The lowest BCUT2D eigenvalue weighted by molar-refractivity contribution is -0.385. The Bertz CT molecular complexity index is 1090. The second-order valence-electron chi connectivity index (χ2n) is 7.15. The second-order valence-corrected chi connectivity index (χ2v) is 9.08. The summed E-state index contributed by atoms with van der Waals surface area (Å²) in [6.45, 7) is 6.38. The van der Waals surface area contributed by atoms with E-state index in [9.17, 15) is 23.3 Å². The molecule has 8 nitrogen and oxygen atoms in total. The molecule has 0 unspecified atom stereocenters. The lowest BCUT2D eigenvalue weighted by Gasteiger charge is -2.30. The highest BCUT2D eigenvalue weighted by Crippen LogP contribution is 2.32. The number of amides is 1. The van der Waals surface area contributed by atoms with Gasteiger partial charge in [-0.25, -0.2) is 8.42 Å². The van der Waals surface area contributed by atoms with Crippen molar-refractivity contribution in [2.45, 2.75) is 38.5 Å². The lowest BCUT2D eigenvalue weighted by Crippen LogP contribution is -2.36. The fourth-order valence-electron chi connectivity index (χ4n) is 3.86. The molecule has 1 aliphatic rings. The van der Waals surface area contributed by atoms with Crippen molar-refractivity contribution in [3.63, 3.8) is 0 Å². The van der Waals surface area contributed by atoms with Gasteiger partial charge in [-0.05, 0) is 49.6 Å². The van der Waals surface area contributed by atoms with E-state index >= 15 is 0 Å². The standard InChI is InChI=1S/C21H25N3O5S/c1-4-22(5-2)30(28,29)17-11-12-20-16(14-17)8-7-13-23(20)21(25)18-9-6-10-19(15(18)3)24(26)27/h6,9-12,14H,4-5,7-8,13H2,1-3H3. The molecule has 1 heterocycles. The summed E-state index contributed by atoms with van der Waals surface area (Å²) in [5.74, 6) is -0.323. The first-order valence-corrected chi connectivity index (χ1v) is 11.3. The van der Waals surface area contributed by atoms with E-state index < -0.39 is 14.9 Å². The van der Waals surface area contributed by atoms with Crippen LogP contribution in [0.1, 0.15) is 41.8 Å². The Labute approximate surface area is 176 Å². The number of rotatable bonds is 6. The molecule has 2 aromatic carbocycles. The summed E-state index contributed by atoms with van der Waals surface area (Å²) < 4.78 is 27.1. The first kappa shape index (κ1) is 21.9. The van der Waals surface area contributed by atoms with Gasteiger partial charge in [0.2, 0.25) is 10.0 Å². The average molecular weight is 432 g/mol. The van der Waals surface area contributed by atoms with E-state index in [-0.39, 0.29) is 22.1 Å². The van der Waals surface area contributed by atoms with Gasteiger partial charge in [-0.3, -0.25) is 14.9 Å². The monoisotopic (exact) mass is 431 g/mol. The molecule has 160 valence electrons. The number of carbonyl (C=O) groups excluding carboxylic acids is 1. The first-order chi connectivity index (χ1) is 14.2. The van der Waals surface area contributed by atoms with Crippen LogP contribution in [0.15, 0.2) is 41.3 Å². The highest BCUT2D eigenvalue weighted by molar-refractivity contribution is 7.89. The maximum atomic E-state index is 13.2. The number of aryl methyl sites for hydroxylation is 1. The molecular weight excluding hydrogens is 406 g/mol. The maximum absolute atomic E-state index is 13.2. The zero-order valence-electron chi connectivity index (χ0n) is 17.3. The lowest BCUT2D eigenvalue weighted by atomic mass is 9.99. The summed E-state index contributed by atoms with van der Waals surface area (Å²) in [5.41, 5.74) is 1.93. The van der Waals surface area contributed by atoms with E-state index in [4.69, 9.17) is 0 Å². The fourth-order valence-corrected chi connectivity index (χ4v) is 5.37. The van der Waals surface area contributed by atoms with Crippen molar-refractivity contribution in [3.05, 3.63) is 63.2 Å². The number of nitro benzene ring substituents is 1. The smallest absolute Gasteiger partial charge is 0.273 e. The molecule has 30 heavy (non-hydrogen) atoms. The van der Waals surface area contributed by atoms with Crippen molar-refractivity contribution in [1.29, 1.82) is 0 Å². The molecule has 9 heteroatoms. The molecule has 0 aliphatic carbocycles. The topological polar surface area (TPSA) is 101 Å². The molecule has 0 fully saturated rings. The second kappa shape index (κ2) is 8.53. The molecule has 3 rings (SSSR count). The third-order valence-electron chi connectivity index (χ3n) is 5.49. The predicted molar refractivity (Wildman–Crippen MR) is 114 cm³/mol.